The van der Waals surface area contributed by atoms with Crippen LogP contribution in [0.2, 0.25) is 0 Å². The Kier molecular flexibility index (Phi) is 7.97. The first-order valence-corrected chi connectivity index (χ1v) is 10.1. The summed E-state index contributed by atoms with van der Waals surface area (Å²) in [5.74, 6) is -2.27. The highest BCUT2D eigenvalue weighted by Crippen LogP contribution is 2.20. The molecule has 0 radical (unpaired) electrons. The molecule has 0 fully saturated rings. The van der Waals surface area contributed by atoms with Gasteiger partial charge in [0.25, 0.3) is 11.8 Å². The Morgan fingerprint density at radius 3 is 1.34 bits per heavy atom. The Hall–Kier alpha value is -2.42. The number of esters is 2. The third-order valence-electron chi connectivity index (χ3n) is 3.31. The van der Waals surface area contributed by atoms with E-state index in [0.717, 1.165) is 11.3 Å². The highest BCUT2D eigenvalue weighted by Gasteiger charge is 2.26. The second-order valence-electron chi connectivity index (χ2n) is 8.74. The van der Waals surface area contributed by atoms with Gasteiger partial charge in [-0.2, -0.15) is 0 Å². The lowest BCUT2D eigenvalue weighted by Crippen LogP contribution is -2.46. The van der Waals surface area contributed by atoms with Crippen LogP contribution in [0.4, 0.5) is 0 Å². The highest BCUT2D eigenvalue weighted by atomic mass is 32.1. The number of carbonyl (C=O) groups is 4. The van der Waals surface area contributed by atoms with E-state index in [1.54, 1.807) is 0 Å². The summed E-state index contributed by atoms with van der Waals surface area (Å²) >= 11 is 0.870. The lowest BCUT2D eigenvalue weighted by Gasteiger charge is -2.23. The largest absolute Gasteiger partial charge is 0.448 e. The molecule has 2 atom stereocenters. The van der Waals surface area contributed by atoms with E-state index in [1.807, 2.05) is 41.5 Å². The minimum Gasteiger partial charge on any atom is -0.448 e. The maximum Gasteiger partial charge on any atom is 0.349 e. The van der Waals surface area contributed by atoms with Crippen molar-refractivity contribution in [3.8, 4) is 0 Å². The molecule has 0 aliphatic rings. The average molecular weight is 427 g/mol. The summed E-state index contributed by atoms with van der Waals surface area (Å²) in [6.45, 7) is 13.9. The minimum atomic E-state index is -0.986. The zero-order valence-electron chi connectivity index (χ0n) is 18.2. The van der Waals surface area contributed by atoms with Crippen molar-refractivity contribution in [1.82, 2.24) is 10.6 Å². The molecule has 2 amide bonds. The Morgan fingerprint density at radius 1 is 0.759 bits per heavy atom. The van der Waals surface area contributed by atoms with Crippen molar-refractivity contribution < 1.29 is 28.7 Å². The summed E-state index contributed by atoms with van der Waals surface area (Å²) < 4.78 is 10.3. The molecule has 0 unspecified atom stereocenters. The molecule has 162 valence electrons. The predicted octanol–water partition coefficient (Wildman–Crippen LogP) is 2.67. The van der Waals surface area contributed by atoms with E-state index in [-0.39, 0.29) is 9.75 Å². The molecule has 9 heteroatoms. The van der Waals surface area contributed by atoms with Crippen LogP contribution < -0.4 is 10.6 Å². The van der Waals surface area contributed by atoms with Gasteiger partial charge in [0.05, 0.1) is 0 Å². The second-order valence-corrected chi connectivity index (χ2v) is 9.82. The molecule has 8 nitrogen and oxygen atoms in total. The lowest BCUT2D eigenvalue weighted by atomic mass is 10.1. The lowest BCUT2D eigenvalue weighted by molar-refractivity contribution is -0.131. The van der Waals surface area contributed by atoms with Gasteiger partial charge < -0.3 is 20.1 Å². The molecule has 0 saturated carbocycles. The summed E-state index contributed by atoms with van der Waals surface area (Å²) in [6, 6.07) is 2.83. The fourth-order valence-electron chi connectivity index (χ4n) is 2.04. The molecular weight excluding hydrogens is 396 g/mol. The monoisotopic (exact) mass is 426 g/mol. The fraction of sp³-hybridized carbons (Fsp3) is 0.600. The zero-order chi connectivity index (χ0) is 22.6. The Labute approximate surface area is 175 Å². The summed E-state index contributed by atoms with van der Waals surface area (Å²) in [4.78, 5) is 48.8. The molecule has 0 aromatic carbocycles. The molecule has 0 aliphatic heterocycles. The van der Waals surface area contributed by atoms with Crippen molar-refractivity contribution in [3.63, 3.8) is 0 Å². The maximum absolute atomic E-state index is 12.2. The van der Waals surface area contributed by atoms with Crippen molar-refractivity contribution in [3.05, 3.63) is 21.9 Å². The third kappa shape index (κ3) is 8.64. The molecule has 0 spiro atoms. The summed E-state index contributed by atoms with van der Waals surface area (Å²) in [6.07, 6.45) is -1.97. The topological polar surface area (TPSA) is 111 Å². The molecule has 0 saturated heterocycles. The third-order valence-corrected chi connectivity index (χ3v) is 4.36. The number of amides is 2. The molecule has 1 heterocycles. The Morgan fingerprint density at radius 2 is 1.07 bits per heavy atom. The van der Waals surface area contributed by atoms with Gasteiger partial charge in [-0.25, -0.2) is 9.59 Å². The van der Waals surface area contributed by atoms with Gasteiger partial charge in [-0.1, -0.05) is 0 Å². The molecule has 0 bridgehead atoms. The number of thiophene rings is 1. The molecule has 1 rings (SSSR count). The maximum atomic E-state index is 12.2. The first kappa shape index (κ1) is 24.6. The van der Waals surface area contributed by atoms with E-state index < -0.39 is 47.0 Å². The van der Waals surface area contributed by atoms with Crippen LogP contribution in [0.1, 0.15) is 74.7 Å². The van der Waals surface area contributed by atoms with Gasteiger partial charge in [0.1, 0.15) is 9.75 Å². The van der Waals surface area contributed by atoms with Crippen LogP contribution in [-0.2, 0) is 19.1 Å². The summed E-state index contributed by atoms with van der Waals surface area (Å²) in [5.41, 5.74) is -0.902. The number of nitrogens with one attached hydrogen (secondary N) is 2. The van der Waals surface area contributed by atoms with Gasteiger partial charge in [-0.15, -0.1) is 11.3 Å². The van der Waals surface area contributed by atoms with E-state index in [4.69, 9.17) is 9.47 Å². The first-order chi connectivity index (χ1) is 13.1. The molecule has 29 heavy (non-hydrogen) atoms. The van der Waals surface area contributed by atoms with E-state index in [9.17, 15) is 19.2 Å². The van der Waals surface area contributed by atoms with E-state index in [2.05, 4.69) is 10.6 Å². The van der Waals surface area contributed by atoms with Crippen molar-refractivity contribution in [2.24, 2.45) is 0 Å². The van der Waals surface area contributed by atoms with Crippen molar-refractivity contribution in [2.45, 2.75) is 78.7 Å². The number of hydrogen-bond donors (Lipinski definition) is 2. The highest BCUT2D eigenvalue weighted by molar-refractivity contribution is 7.15. The van der Waals surface area contributed by atoms with Crippen molar-refractivity contribution in [1.29, 1.82) is 0 Å². The van der Waals surface area contributed by atoms with E-state index in [1.165, 1.54) is 26.0 Å². The minimum absolute atomic E-state index is 0.152. The van der Waals surface area contributed by atoms with Crippen LogP contribution in [0, 0.1) is 0 Å². The normalized spacial score (nSPS) is 13.8. The Balaban J connectivity index is 2.69. The van der Waals surface area contributed by atoms with Gasteiger partial charge in [0.15, 0.2) is 12.2 Å². The zero-order valence-corrected chi connectivity index (χ0v) is 19.0. The van der Waals surface area contributed by atoms with Crippen LogP contribution >= 0.6 is 11.3 Å². The summed E-state index contributed by atoms with van der Waals surface area (Å²) in [5, 5.41) is 5.45. The SMILES string of the molecule is C[C@H](OC(=O)c1ccc(C(=O)O[C@H](C)C(=O)NC(C)(C)C)s1)C(=O)NC(C)(C)C. The van der Waals surface area contributed by atoms with E-state index in [0.29, 0.717) is 0 Å². The van der Waals surface area contributed by atoms with Crippen LogP contribution in [0.25, 0.3) is 0 Å². The number of hydrogen-bond acceptors (Lipinski definition) is 7. The molecule has 1 aromatic heterocycles. The van der Waals surface area contributed by atoms with Gasteiger partial charge in [0.2, 0.25) is 0 Å². The van der Waals surface area contributed by atoms with Crippen molar-refractivity contribution in [2.75, 3.05) is 0 Å². The van der Waals surface area contributed by atoms with Crippen molar-refractivity contribution >= 4 is 35.1 Å². The van der Waals surface area contributed by atoms with Crippen LogP contribution in [-0.4, -0.2) is 47.0 Å². The number of carbonyl (C=O) groups excluding carboxylic acids is 4. The van der Waals surface area contributed by atoms with Crippen LogP contribution in [0.15, 0.2) is 12.1 Å². The summed E-state index contributed by atoms with van der Waals surface area (Å²) in [7, 11) is 0. The van der Waals surface area contributed by atoms with Crippen LogP contribution in [0.5, 0.6) is 0 Å². The average Bonchev–Trinajstić information content (AvgIpc) is 3.01. The van der Waals surface area contributed by atoms with Gasteiger partial charge in [-0.05, 0) is 67.5 Å². The second kappa shape index (κ2) is 9.39. The Bertz CT molecular complexity index is 710. The molecule has 0 aliphatic carbocycles. The number of ether oxygens (including phenoxy) is 2. The quantitative estimate of drug-likeness (QED) is 0.677. The molecule has 2 N–H and O–H groups in total. The van der Waals surface area contributed by atoms with Gasteiger partial charge in [-0.3, -0.25) is 9.59 Å². The van der Waals surface area contributed by atoms with Gasteiger partial charge in [0, 0.05) is 11.1 Å². The number of rotatable bonds is 6. The van der Waals surface area contributed by atoms with E-state index >= 15 is 0 Å². The predicted molar refractivity (Wildman–Crippen MR) is 110 cm³/mol. The van der Waals surface area contributed by atoms with Gasteiger partial charge >= 0.3 is 11.9 Å². The first-order valence-electron chi connectivity index (χ1n) is 9.25. The van der Waals surface area contributed by atoms with Crippen LogP contribution in [0.3, 0.4) is 0 Å². The fourth-order valence-corrected chi connectivity index (χ4v) is 2.82. The standard InChI is InChI=1S/C20H30N2O6S/c1-11(15(23)21-19(3,4)5)27-17(25)13-9-10-14(29-13)18(26)28-12(2)16(24)22-20(6,7)8/h9-12H,1-8H3,(H,21,23)(H,22,24)/t11-,12+. The smallest absolute Gasteiger partial charge is 0.349 e. The molecular formula is C20H30N2O6S. The molecule has 1 aromatic rings.